The van der Waals surface area contributed by atoms with E-state index in [1.165, 1.54) is 11.5 Å². The quantitative estimate of drug-likeness (QED) is 0.0921. The molecule has 3 aromatic carbocycles. The van der Waals surface area contributed by atoms with E-state index in [4.69, 9.17) is 4.74 Å². The summed E-state index contributed by atoms with van der Waals surface area (Å²) < 4.78 is 5.93. The summed E-state index contributed by atoms with van der Waals surface area (Å²) >= 11 is 0. The van der Waals surface area contributed by atoms with Gasteiger partial charge in [-0.05, 0) is 35.1 Å². The molecule has 0 aliphatic heterocycles. The van der Waals surface area contributed by atoms with Gasteiger partial charge < -0.3 is 9.84 Å². The largest absolute Gasteiger partial charge is 0.512 e. The Kier molecular flexibility index (Phi) is 10.6. The summed E-state index contributed by atoms with van der Waals surface area (Å²) in [4.78, 5) is 16.2. The number of fused-ring (bicyclic) bond motifs is 3. The van der Waals surface area contributed by atoms with Crippen molar-refractivity contribution in [2.45, 2.75) is 54.4 Å². The van der Waals surface area contributed by atoms with Gasteiger partial charge in [-0.15, -0.1) is 12.1 Å². The molecule has 4 nitrogen and oxygen atoms in total. The van der Waals surface area contributed by atoms with E-state index in [1.807, 2.05) is 84.0 Å². The van der Waals surface area contributed by atoms with E-state index in [1.54, 1.807) is 6.20 Å². The molecular formula is C32H36IrNO3-. The molecule has 0 bridgehead atoms. The van der Waals surface area contributed by atoms with Crippen LogP contribution in [0.25, 0.3) is 21.5 Å². The fraction of sp³-hybridized carbons (Fsp3) is 0.312. The number of rotatable bonds is 7. The van der Waals surface area contributed by atoms with Crippen molar-refractivity contribution in [3.63, 3.8) is 0 Å². The number of benzene rings is 3. The van der Waals surface area contributed by atoms with Crippen LogP contribution in [0.4, 0.5) is 0 Å². The normalized spacial score (nSPS) is 11.9. The molecule has 0 unspecified atom stereocenters. The molecule has 1 radical (unpaired) electrons. The first-order valence-electron chi connectivity index (χ1n) is 12.5. The summed E-state index contributed by atoms with van der Waals surface area (Å²) in [7, 11) is 0. The minimum absolute atomic E-state index is 0. The molecule has 0 saturated heterocycles. The van der Waals surface area contributed by atoms with E-state index in [9.17, 15) is 9.90 Å². The van der Waals surface area contributed by atoms with Crippen LogP contribution < -0.4 is 4.74 Å². The molecular weight excluding hydrogens is 639 g/mol. The number of aliphatic hydroxyl groups is 1. The summed E-state index contributed by atoms with van der Waals surface area (Å²) in [5.41, 5.74) is -0.683. The maximum Gasteiger partial charge on any atom is 0.225 e. The third kappa shape index (κ3) is 7.50. The number of carbonyl (C=O) groups excluding carboxylic acids is 1. The third-order valence-electron chi connectivity index (χ3n) is 6.90. The predicted molar refractivity (Wildman–Crippen MR) is 148 cm³/mol. The average Bonchev–Trinajstić information content (AvgIpc) is 2.89. The second-order valence-electron chi connectivity index (χ2n) is 10.2. The maximum absolute atomic E-state index is 11.8. The van der Waals surface area contributed by atoms with E-state index in [0.717, 1.165) is 29.0 Å². The van der Waals surface area contributed by atoms with E-state index < -0.39 is 0 Å². The van der Waals surface area contributed by atoms with Crippen molar-refractivity contribution >= 4 is 27.3 Å². The number of hydrogen-bond donors (Lipinski definition) is 1. The van der Waals surface area contributed by atoms with Crippen molar-refractivity contribution in [2.75, 3.05) is 0 Å². The molecule has 1 aromatic heterocycles. The summed E-state index contributed by atoms with van der Waals surface area (Å²) in [6, 6.07) is 25.1. The van der Waals surface area contributed by atoms with Gasteiger partial charge in [0.1, 0.15) is 5.76 Å². The number of allylic oxidation sites excluding steroid dienone is 2. The van der Waals surface area contributed by atoms with Gasteiger partial charge in [0.2, 0.25) is 5.88 Å². The number of pyridine rings is 1. The van der Waals surface area contributed by atoms with E-state index in [-0.39, 0.29) is 42.5 Å². The average molecular weight is 675 g/mol. The van der Waals surface area contributed by atoms with Crippen LogP contribution >= 0.6 is 0 Å². The van der Waals surface area contributed by atoms with Crippen molar-refractivity contribution in [1.29, 1.82) is 0 Å². The van der Waals surface area contributed by atoms with Crippen LogP contribution in [-0.4, -0.2) is 15.9 Å². The smallest absolute Gasteiger partial charge is 0.225 e. The molecule has 0 aliphatic carbocycles. The number of para-hydroxylation sites is 1. The number of nitrogens with zero attached hydrogens (tertiary/aromatic N) is 1. The summed E-state index contributed by atoms with van der Waals surface area (Å²) in [6.45, 7) is 11.7. The monoisotopic (exact) mass is 675 g/mol. The zero-order valence-electron chi connectivity index (χ0n) is 22.5. The Hall–Kier alpha value is -3.01. The number of hydrogen-bond acceptors (Lipinski definition) is 4. The number of ether oxygens (including phenoxy) is 1. The van der Waals surface area contributed by atoms with Gasteiger partial charge in [0.25, 0.3) is 0 Å². The Balaban J connectivity index is 0.000000271. The molecule has 0 fully saturated rings. The fourth-order valence-electron chi connectivity index (χ4n) is 3.41. The summed E-state index contributed by atoms with van der Waals surface area (Å²) in [6.07, 6.45) is 4.76. The van der Waals surface area contributed by atoms with E-state index in [0.29, 0.717) is 11.6 Å². The molecule has 1 heterocycles. The van der Waals surface area contributed by atoms with E-state index >= 15 is 0 Å². The zero-order valence-corrected chi connectivity index (χ0v) is 24.9. The Labute approximate surface area is 234 Å². The molecule has 0 atom stereocenters. The van der Waals surface area contributed by atoms with Crippen LogP contribution in [-0.2, 0) is 24.9 Å². The molecule has 197 valence electrons. The first-order valence-corrected chi connectivity index (χ1v) is 12.5. The number of aliphatic hydroxyl groups excluding tert-OH is 1. The molecule has 0 amide bonds. The molecule has 0 saturated carbocycles. The Morgan fingerprint density at radius 2 is 1.57 bits per heavy atom. The van der Waals surface area contributed by atoms with Crippen molar-refractivity contribution in [3.05, 3.63) is 90.8 Å². The second-order valence-corrected chi connectivity index (χ2v) is 10.2. The van der Waals surface area contributed by atoms with Crippen LogP contribution in [0.15, 0.2) is 84.8 Å². The Morgan fingerprint density at radius 3 is 2.22 bits per heavy atom. The summed E-state index contributed by atoms with van der Waals surface area (Å²) in [5.74, 6) is 1.48. The SMILES string of the molecule is CCC(C)(C)C(=O)/C=C(\O)C(C)(C)CC.[Ir].[c-]1ccccc1Oc1nccc2ccc3ccccc3c12. The standard InChI is InChI=1S/C19H12NO.C13H24O2.Ir/c1-2-7-16(8-3-1)21-19-18-15(12-13-20-19)11-10-14-6-4-5-9-17(14)18;1-7-12(3,4)10(14)9-11(15)13(5,6)8-2;/h1-7,9-13H;9,14H,7-8H2,1-6H3;/q-1;;/b;10-9-;. The molecule has 0 spiro atoms. The van der Waals surface area contributed by atoms with E-state index in [2.05, 4.69) is 35.3 Å². The third-order valence-corrected chi connectivity index (χ3v) is 6.90. The topological polar surface area (TPSA) is 59.4 Å². The number of aromatic nitrogens is 1. The van der Waals surface area contributed by atoms with Crippen molar-refractivity contribution < 1.29 is 34.7 Å². The number of ketones is 1. The molecule has 4 aromatic rings. The van der Waals surface area contributed by atoms with Crippen molar-refractivity contribution in [2.24, 2.45) is 10.8 Å². The Bertz CT molecular complexity index is 1360. The van der Waals surface area contributed by atoms with Gasteiger partial charge in [0, 0.05) is 49.0 Å². The molecule has 4 rings (SSSR count). The maximum atomic E-state index is 11.8. The van der Waals surface area contributed by atoms with Gasteiger partial charge in [-0.2, -0.15) is 18.2 Å². The first-order chi connectivity index (χ1) is 17.1. The number of carbonyl (C=O) groups is 1. The zero-order chi connectivity index (χ0) is 26.3. The van der Waals surface area contributed by atoms with Crippen LogP contribution in [0.3, 0.4) is 0 Å². The van der Waals surface area contributed by atoms with Crippen LogP contribution in [0.1, 0.15) is 54.4 Å². The molecule has 5 heteroatoms. The van der Waals surface area contributed by atoms with Crippen LogP contribution in [0, 0.1) is 16.9 Å². The molecule has 37 heavy (non-hydrogen) atoms. The van der Waals surface area contributed by atoms with Gasteiger partial charge >= 0.3 is 0 Å². The van der Waals surface area contributed by atoms with Crippen molar-refractivity contribution in [1.82, 2.24) is 4.98 Å². The van der Waals surface area contributed by atoms with Crippen LogP contribution in [0.5, 0.6) is 11.6 Å². The van der Waals surface area contributed by atoms with Gasteiger partial charge in [0.15, 0.2) is 5.78 Å². The minimum atomic E-state index is -0.377. The Morgan fingerprint density at radius 1 is 0.919 bits per heavy atom. The first kappa shape index (κ1) is 30.2. The summed E-state index contributed by atoms with van der Waals surface area (Å²) in [5, 5.41) is 14.3. The molecule has 0 aliphatic rings. The predicted octanol–water partition coefficient (Wildman–Crippen LogP) is 8.85. The second kappa shape index (κ2) is 13.0. The van der Waals surface area contributed by atoms with Crippen molar-refractivity contribution in [3.8, 4) is 11.6 Å². The fourth-order valence-corrected chi connectivity index (χ4v) is 3.41. The van der Waals surface area contributed by atoms with Gasteiger partial charge in [-0.3, -0.25) is 4.79 Å². The minimum Gasteiger partial charge on any atom is -0.512 e. The van der Waals surface area contributed by atoms with Gasteiger partial charge in [-0.1, -0.05) is 77.9 Å². The van der Waals surface area contributed by atoms with Crippen LogP contribution in [0.2, 0.25) is 0 Å². The van der Waals surface area contributed by atoms with Gasteiger partial charge in [0.05, 0.1) is 5.39 Å². The van der Waals surface area contributed by atoms with Gasteiger partial charge in [-0.25, -0.2) is 4.98 Å². The molecule has 1 N–H and O–H groups in total.